The summed E-state index contributed by atoms with van der Waals surface area (Å²) in [5.74, 6) is -0.421. The Kier molecular flexibility index (Phi) is 3.33. The van der Waals surface area contributed by atoms with Crippen LogP contribution in [0, 0.1) is 5.82 Å². The van der Waals surface area contributed by atoms with E-state index in [0.717, 1.165) is 0 Å². The third-order valence-electron chi connectivity index (χ3n) is 2.05. The van der Waals surface area contributed by atoms with E-state index in [-0.39, 0.29) is 15.6 Å². The van der Waals surface area contributed by atoms with Crippen LogP contribution in [0.25, 0.3) is 11.1 Å². The summed E-state index contributed by atoms with van der Waals surface area (Å²) in [4.78, 5) is 3.84. The SMILES string of the molecule is Fc1ccncc1-c1cc(Cl)cc(Cl)c1Cl. The van der Waals surface area contributed by atoms with E-state index in [4.69, 9.17) is 34.8 Å². The lowest BCUT2D eigenvalue weighted by Gasteiger charge is -2.07. The molecule has 1 aromatic heterocycles. The van der Waals surface area contributed by atoms with E-state index in [0.29, 0.717) is 10.6 Å². The van der Waals surface area contributed by atoms with Gasteiger partial charge in [-0.05, 0) is 18.2 Å². The summed E-state index contributed by atoms with van der Waals surface area (Å²) in [7, 11) is 0. The highest BCUT2D eigenvalue weighted by molar-refractivity contribution is 6.45. The standard InChI is InChI=1S/C11H5Cl3FN/c12-6-3-7(11(14)9(13)4-6)8-5-16-2-1-10(8)15/h1-5H. The van der Waals surface area contributed by atoms with E-state index in [1.165, 1.54) is 24.5 Å². The number of aromatic nitrogens is 1. The Morgan fingerprint density at radius 3 is 2.50 bits per heavy atom. The second-order valence-corrected chi connectivity index (χ2v) is 4.33. The highest BCUT2D eigenvalue weighted by Crippen LogP contribution is 2.36. The van der Waals surface area contributed by atoms with E-state index in [1.807, 2.05) is 0 Å². The first-order chi connectivity index (χ1) is 7.59. The third kappa shape index (κ3) is 2.14. The van der Waals surface area contributed by atoms with Gasteiger partial charge in [0.1, 0.15) is 5.82 Å². The van der Waals surface area contributed by atoms with Gasteiger partial charge in [0.25, 0.3) is 0 Å². The third-order valence-corrected chi connectivity index (χ3v) is 3.07. The van der Waals surface area contributed by atoms with Crippen LogP contribution in [0.2, 0.25) is 15.1 Å². The molecule has 0 spiro atoms. The van der Waals surface area contributed by atoms with Crippen molar-refractivity contribution >= 4 is 34.8 Å². The van der Waals surface area contributed by atoms with Gasteiger partial charge in [0.15, 0.2) is 0 Å². The van der Waals surface area contributed by atoms with Crippen LogP contribution in [-0.4, -0.2) is 4.98 Å². The fourth-order valence-electron chi connectivity index (χ4n) is 1.33. The average Bonchev–Trinajstić information content (AvgIpc) is 2.24. The summed E-state index contributed by atoms with van der Waals surface area (Å²) >= 11 is 17.7. The Morgan fingerprint density at radius 1 is 1.06 bits per heavy atom. The molecule has 0 aliphatic carbocycles. The minimum Gasteiger partial charge on any atom is -0.264 e. The normalized spacial score (nSPS) is 10.5. The number of pyridine rings is 1. The van der Waals surface area contributed by atoms with Crippen molar-refractivity contribution in [1.82, 2.24) is 4.98 Å². The second kappa shape index (κ2) is 4.58. The van der Waals surface area contributed by atoms with Gasteiger partial charge in [-0.3, -0.25) is 4.98 Å². The molecule has 1 heterocycles. The molecule has 0 aliphatic rings. The molecule has 0 atom stereocenters. The fourth-order valence-corrected chi connectivity index (χ4v) is 2.03. The smallest absolute Gasteiger partial charge is 0.134 e. The minimum atomic E-state index is -0.421. The van der Waals surface area contributed by atoms with Crippen molar-refractivity contribution in [1.29, 1.82) is 0 Å². The number of hydrogen-bond acceptors (Lipinski definition) is 1. The largest absolute Gasteiger partial charge is 0.264 e. The van der Waals surface area contributed by atoms with Gasteiger partial charge < -0.3 is 0 Å². The lowest BCUT2D eigenvalue weighted by molar-refractivity contribution is 0.629. The zero-order chi connectivity index (χ0) is 11.7. The lowest BCUT2D eigenvalue weighted by atomic mass is 10.1. The van der Waals surface area contributed by atoms with Crippen LogP contribution >= 0.6 is 34.8 Å². The van der Waals surface area contributed by atoms with Crippen molar-refractivity contribution < 1.29 is 4.39 Å². The number of benzene rings is 1. The van der Waals surface area contributed by atoms with Gasteiger partial charge in [-0.1, -0.05) is 34.8 Å². The van der Waals surface area contributed by atoms with Crippen molar-refractivity contribution in [3.05, 3.63) is 51.5 Å². The van der Waals surface area contributed by atoms with Gasteiger partial charge >= 0.3 is 0 Å². The highest BCUT2D eigenvalue weighted by atomic mass is 35.5. The minimum absolute atomic E-state index is 0.262. The summed E-state index contributed by atoms with van der Waals surface area (Å²) in [6.07, 6.45) is 2.74. The summed E-state index contributed by atoms with van der Waals surface area (Å²) < 4.78 is 13.5. The number of rotatable bonds is 1. The van der Waals surface area contributed by atoms with Crippen molar-refractivity contribution in [2.24, 2.45) is 0 Å². The summed E-state index contributed by atoms with van der Waals surface area (Å²) in [6, 6.07) is 4.31. The van der Waals surface area contributed by atoms with E-state index in [1.54, 1.807) is 6.07 Å². The first-order valence-electron chi connectivity index (χ1n) is 4.34. The molecule has 0 saturated heterocycles. The molecule has 0 radical (unpaired) electrons. The molecule has 0 fully saturated rings. The monoisotopic (exact) mass is 275 g/mol. The van der Waals surface area contributed by atoms with Gasteiger partial charge in [0.2, 0.25) is 0 Å². The van der Waals surface area contributed by atoms with Crippen LogP contribution < -0.4 is 0 Å². The summed E-state index contributed by atoms with van der Waals surface area (Å²) in [5, 5.41) is 0.943. The molecule has 0 bridgehead atoms. The van der Waals surface area contributed by atoms with Gasteiger partial charge in [0.05, 0.1) is 10.0 Å². The fraction of sp³-hybridized carbons (Fsp3) is 0. The van der Waals surface area contributed by atoms with Crippen LogP contribution in [0.3, 0.4) is 0 Å². The Labute approximate surface area is 107 Å². The Bertz CT molecular complexity index is 543. The second-order valence-electron chi connectivity index (χ2n) is 3.10. The number of hydrogen-bond donors (Lipinski definition) is 0. The maximum atomic E-state index is 13.5. The molecule has 5 heteroatoms. The Morgan fingerprint density at radius 2 is 1.81 bits per heavy atom. The lowest BCUT2D eigenvalue weighted by Crippen LogP contribution is -1.87. The molecule has 2 rings (SSSR count). The molecular weight excluding hydrogens is 271 g/mol. The Hall–Kier alpha value is -0.830. The van der Waals surface area contributed by atoms with E-state index < -0.39 is 5.82 Å². The quantitative estimate of drug-likeness (QED) is 0.679. The summed E-state index contributed by atoms with van der Waals surface area (Å²) in [6.45, 7) is 0. The van der Waals surface area contributed by atoms with Crippen LogP contribution in [0.4, 0.5) is 4.39 Å². The predicted octanol–water partition coefficient (Wildman–Crippen LogP) is 4.85. The summed E-state index contributed by atoms with van der Waals surface area (Å²) in [5.41, 5.74) is 0.710. The first-order valence-corrected chi connectivity index (χ1v) is 5.47. The van der Waals surface area contributed by atoms with Crippen molar-refractivity contribution in [2.75, 3.05) is 0 Å². The van der Waals surface area contributed by atoms with Crippen molar-refractivity contribution in [3.63, 3.8) is 0 Å². The predicted molar refractivity (Wildman–Crippen MR) is 64.7 cm³/mol. The molecule has 82 valence electrons. The molecule has 0 saturated carbocycles. The maximum absolute atomic E-state index is 13.5. The molecular formula is C11H5Cl3FN. The van der Waals surface area contributed by atoms with Crippen LogP contribution in [-0.2, 0) is 0 Å². The molecule has 1 aromatic carbocycles. The van der Waals surface area contributed by atoms with Crippen LogP contribution in [0.1, 0.15) is 0 Å². The van der Waals surface area contributed by atoms with Crippen molar-refractivity contribution in [3.8, 4) is 11.1 Å². The van der Waals surface area contributed by atoms with Crippen LogP contribution in [0.15, 0.2) is 30.6 Å². The molecule has 0 N–H and O–H groups in total. The molecule has 1 nitrogen and oxygen atoms in total. The maximum Gasteiger partial charge on any atom is 0.134 e. The van der Waals surface area contributed by atoms with Gasteiger partial charge in [-0.2, -0.15) is 0 Å². The van der Waals surface area contributed by atoms with Gasteiger partial charge in [-0.25, -0.2) is 4.39 Å². The van der Waals surface area contributed by atoms with Crippen molar-refractivity contribution in [2.45, 2.75) is 0 Å². The van der Waals surface area contributed by atoms with E-state index in [2.05, 4.69) is 4.98 Å². The molecule has 2 aromatic rings. The first kappa shape index (κ1) is 11.6. The molecule has 0 unspecified atom stereocenters. The van der Waals surface area contributed by atoms with E-state index in [9.17, 15) is 4.39 Å². The van der Waals surface area contributed by atoms with E-state index >= 15 is 0 Å². The molecule has 0 aliphatic heterocycles. The molecule has 0 amide bonds. The Balaban J connectivity index is 2.69. The van der Waals surface area contributed by atoms with Crippen LogP contribution in [0.5, 0.6) is 0 Å². The highest BCUT2D eigenvalue weighted by Gasteiger charge is 2.12. The zero-order valence-corrected chi connectivity index (χ0v) is 10.1. The number of nitrogens with zero attached hydrogens (tertiary/aromatic N) is 1. The topological polar surface area (TPSA) is 12.9 Å². The average molecular weight is 277 g/mol. The molecule has 16 heavy (non-hydrogen) atoms. The zero-order valence-electron chi connectivity index (χ0n) is 7.85. The van der Waals surface area contributed by atoms with Gasteiger partial charge in [-0.15, -0.1) is 0 Å². The number of halogens is 4. The van der Waals surface area contributed by atoms with Gasteiger partial charge in [0, 0.05) is 28.5 Å².